The van der Waals surface area contributed by atoms with Gasteiger partial charge in [0.25, 0.3) is 0 Å². The summed E-state index contributed by atoms with van der Waals surface area (Å²) in [7, 11) is 5.94. The number of hydrogen-bond acceptors (Lipinski definition) is 9. The molecule has 4 atom stereocenters. The van der Waals surface area contributed by atoms with Gasteiger partial charge >= 0.3 is 0 Å². The smallest absolute Gasteiger partial charge is 0.245 e. The molecule has 2 bridgehead atoms. The lowest BCUT2D eigenvalue weighted by molar-refractivity contribution is -0.605. The maximum Gasteiger partial charge on any atom is 0.245 e. The highest BCUT2D eigenvalue weighted by Crippen LogP contribution is 2.34. The minimum Gasteiger partial charge on any atom is -0.619 e. The predicted molar refractivity (Wildman–Crippen MR) is 246 cm³/mol. The topological polar surface area (TPSA) is 176 Å². The lowest BCUT2D eigenvalue weighted by atomic mass is 9.81. The van der Waals surface area contributed by atoms with Crippen LogP contribution in [0.4, 0.5) is 0 Å². The number of hydrogen-bond donors (Lipinski definition) is 3. The van der Waals surface area contributed by atoms with Crippen LogP contribution in [0.3, 0.4) is 0 Å². The van der Waals surface area contributed by atoms with Crippen LogP contribution < -0.4 is 20.1 Å². The molecule has 2 saturated heterocycles. The largest absolute Gasteiger partial charge is 0.619 e. The van der Waals surface area contributed by atoms with Crippen molar-refractivity contribution in [2.45, 2.75) is 69.7 Å². The van der Waals surface area contributed by atoms with Gasteiger partial charge in [-0.2, -0.15) is 4.73 Å². The molecule has 7 rings (SSSR count). The van der Waals surface area contributed by atoms with Crippen LogP contribution in [0, 0.1) is 11.1 Å². The number of halogens is 2. The van der Waals surface area contributed by atoms with Crippen LogP contribution in [0.1, 0.15) is 48.7 Å². The monoisotopic (exact) mass is 924 g/mol. The highest BCUT2D eigenvalue weighted by atomic mass is 35.5. The average molecular weight is 926 g/mol. The summed E-state index contributed by atoms with van der Waals surface area (Å²) >= 11 is 12.7. The third-order valence-electron chi connectivity index (χ3n) is 12.1. The van der Waals surface area contributed by atoms with Gasteiger partial charge in [-0.25, -0.2) is 4.98 Å². The van der Waals surface area contributed by atoms with Crippen molar-refractivity contribution < 1.29 is 33.8 Å². The second-order valence-electron chi connectivity index (χ2n) is 17.3. The first-order valence-electron chi connectivity index (χ1n) is 21.6. The third kappa shape index (κ3) is 11.5. The van der Waals surface area contributed by atoms with Gasteiger partial charge in [0.05, 0.1) is 43.0 Å². The number of fused-ring (bicyclic) bond motifs is 2. The zero-order chi connectivity index (χ0) is 46.4. The van der Waals surface area contributed by atoms with Crippen molar-refractivity contribution in [3.63, 3.8) is 0 Å². The number of amides is 4. The first-order chi connectivity index (χ1) is 31.1. The summed E-state index contributed by atoms with van der Waals surface area (Å²) in [6.07, 6.45) is 5.72. The molecule has 15 nitrogen and oxygen atoms in total. The highest BCUT2D eigenvalue weighted by Gasteiger charge is 2.43. The van der Waals surface area contributed by atoms with E-state index in [1.54, 1.807) is 47.4 Å². The Labute approximate surface area is 388 Å². The Balaban J connectivity index is 1.21. The molecule has 0 radical (unpaired) electrons. The fourth-order valence-corrected chi connectivity index (χ4v) is 8.91. The second-order valence-corrected chi connectivity index (χ2v) is 18.2. The van der Waals surface area contributed by atoms with Crippen molar-refractivity contribution in [2.75, 3.05) is 33.8 Å². The number of rotatable bonds is 12. The van der Waals surface area contributed by atoms with Gasteiger partial charge in [0.1, 0.15) is 29.4 Å². The fraction of sp³-hybridized carbons (Fsp3) is 0.375. The lowest BCUT2D eigenvalue weighted by Gasteiger charge is -2.45. The fourth-order valence-electron chi connectivity index (χ4n) is 8.62. The van der Waals surface area contributed by atoms with E-state index in [0.29, 0.717) is 69.8 Å². The van der Waals surface area contributed by atoms with E-state index in [0.717, 1.165) is 22.6 Å². The van der Waals surface area contributed by atoms with Gasteiger partial charge in [-0.05, 0) is 106 Å². The summed E-state index contributed by atoms with van der Waals surface area (Å²) in [4.78, 5) is 67.7. The molecule has 65 heavy (non-hydrogen) atoms. The second kappa shape index (κ2) is 20.4. The van der Waals surface area contributed by atoms with Crippen molar-refractivity contribution in [1.29, 1.82) is 0 Å². The number of imidazole rings is 1. The molecular weight excluding hydrogens is 871 g/mol. The first-order valence-corrected chi connectivity index (χ1v) is 22.3. The maximum absolute atomic E-state index is 14.9. The number of aliphatic hydroxyl groups is 1. The average Bonchev–Trinajstić information content (AvgIpc) is 3.64. The molecule has 2 aromatic heterocycles. The standard InChI is InChI=1S/C48H54Cl2N8O7/c1-31-45(61)52-40(29-59)46(62)53-48(25-33-6-11-37(49)12-7-33)18-5-19-56(30-48)47(63)36(22-32-16-20-57(64)21-17-32)23-44(60)58(31)27-35-8-13-38(50)24-42(35)65-39-14-9-34(10-15-39)41-26-51-43(55(41)4)28-54(2)3/h6-17,20-21,24,26,31,36,40,59H,5,18-19,22-23,25,27-30H2,1-4H3,(H,52,61)(H,53,62)/t31-,36+,40-,48+/m0/s1. The molecule has 3 N–H and O–H groups in total. The van der Waals surface area contributed by atoms with Crippen LogP contribution in [-0.2, 0) is 52.2 Å². The molecule has 342 valence electrons. The number of carbonyl (C=O) groups is 4. The minimum absolute atomic E-state index is 0.110. The van der Waals surface area contributed by atoms with Crippen molar-refractivity contribution in [3.05, 3.63) is 135 Å². The molecule has 3 aromatic carbocycles. The Morgan fingerprint density at radius 2 is 1.66 bits per heavy atom. The summed E-state index contributed by atoms with van der Waals surface area (Å²) in [5.74, 6) is -1.31. The molecule has 2 fully saturated rings. The van der Waals surface area contributed by atoms with Crippen LogP contribution in [-0.4, -0.2) is 104 Å². The van der Waals surface area contributed by atoms with Gasteiger partial charge < -0.3 is 45.0 Å². The number of piperidine rings is 1. The molecular formula is C48H54Cl2N8O7. The Bertz CT molecular complexity index is 2500. The van der Waals surface area contributed by atoms with Gasteiger partial charge in [-0.1, -0.05) is 41.4 Å². The van der Waals surface area contributed by atoms with E-state index >= 15 is 0 Å². The minimum atomic E-state index is -1.36. The molecule has 2 aliphatic heterocycles. The van der Waals surface area contributed by atoms with Crippen molar-refractivity contribution in [2.24, 2.45) is 13.0 Å². The van der Waals surface area contributed by atoms with Crippen LogP contribution in [0.2, 0.25) is 10.0 Å². The summed E-state index contributed by atoms with van der Waals surface area (Å²) in [5.41, 5.74) is 2.93. The summed E-state index contributed by atoms with van der Waals surface area (Å²) in [6, 6.07) is 20.4. The van der Waals surface area contributed by atoms with Crippen LogP contribution >= 0.6 is 23.2 Å². The van der Waals surface area contributed by atoms with Crippen LogP contribution in [0.25, 0.3) is 11.3 Å². The first kappa shape index (κ1) is 47.0. The summed E-state index contributed by atoms with van der Waals surface area (Å²) in [6.45, 7) is 1.84. The van der Waals surface area contributed by atoms with Gasteiger partial charge in [-0.3, -0.25) is 19.2 Å². The van der Waals surface area contributed by atoms with Crippen molar-refractivity contribution >= 4 is 46.8 Å². The van der Waals surface area contributed by atoms with Crippen LogP contribution in [0.15, 0.2) is 97.5 Å². The molecule has 0 aliphatic carbocycles. The maximum atomic E-state index is 14.9. The normalized spacial score (nSPS) is 21.0. The zero-order valence-corrected chi connectivity index (χ0v) is 38.4. The number of pyridine rings is 1. The van der Waals surface area contributed by atoms with E-state index in [-0.39, 0.29) is 31.8 Å². The van der Waals surface area contributed by atoms with Gasteiger partial charge in [-0.15, -0.1) is 0 Å². The SMILES string of the molecule is C[C@H]1C(=O)N[C@@H](CO)C(=O)N[C@@]2(Cc3ccc(Cl)cc3)CCCN(C2)C(=O)[C@H](Cc2cc[n+]([O-])cc2)CC(=O)N1Cc1ccc(Cl)cc1Oc1ccc(-c2cnc(CN(C)C)n2C)cc1. The van der Waals surface area contributed by atoms with Gasteiger partial charge in [0.2, 0.25) is 23.6 Å². The zero-order valence-electron chi connectivity index (χ0n) is 36.9. The molecule has 0 spiro atoms. The molecule has 17 heteroatoms. The van der Waals surface area contributed by atoms with Crippen LogP contribution in [0.5, 0.6) is 11.5 Å². The van der Waals surface area contributed by atoms with E-state index in [1.165, 1.54) is 24.2 Å². The van der Waals surface area contributed by atoms with E-state index in [2.05, 4.69) is 15.6 Å². The summed E-state index contributed by atoms with van der Waals surface area (Å²) < 4.78 is 9.11. The molecule has 0 unspecified atom stereocenters. The predicted octanol–water partition coefficient (Wildman–Crippen LogP) is 5.06. The van der Waals surface area contributed by atoms with Crippen molar-refractivity contribution in [3.8, 4) is 22.8 Å². The van der Waals surface area contributed by atoms with Gasteiger partial charge in [0, 0.05) is 59.9 Å². The highest BCUT2D eigenvalue weighted by molar-refractivity contribution is 6.31. The number of benzene rings is 3. The molecule has 4 heterocycles. The van der Waals surface area contributed by atoms with Gasteiger partial charge in [0.15, 0.2) is 12.4 Å². The quantitative estimate of drug-likeness (QED) is 0.114. The number of ether oxygens (including phenoxy) is 1. The molecule has 5 aromatic rings. The molecule has 2 aliphatic rings. The number of aliphatic hydroxyl groups excluding tert-OH is 1. The lowest BCUT2D eigenvalue weighted by Crippen LogP contribution is -2.65. The Morgan fingerprint density at radius 3 is 2.35 bits per heavy atom. The van der Waals surface area contributed by atoms with E-state index in [9.17, 15) is 29.5 Å². The van der Waals surface area contributed by atoms with E-state index in [1.807, 2.05) is 73.2 Å². The molecule has 4 amide bonds. The Hall–Kier alpha value is -6.00. The number of aromatic nitrogens is 3. The Kier molecular flexibility index (Phi) is 14.8. The molecule has 0 saturated carbocycles. The third-order valence-corrected chi connectivity index (χ3v) is 12.6. The number of carbonyl (C=O) groups excluding carboxylic acids is 4. The van der Waals surface area contributed by atoms with E-state index in [4.69, 9.17) is 27.9 Å². The number of nitrogens with zero attached hydrogens (tertiary/aromatic N) is 6. The Morgan fingerprint density at radius 1 is 0.954 bits per heavy atom. The van der Waals surface area contributed by atoms with E-state index < -0.39 is 47.9 Å². The summed E-state index contributed by atoms with van der Waals surface area (Å²) in [5, 5.41) is 29.3. The van der Waals surface area contributed by atoms with Crippen molar-refractivity contribution in [1.82, 2.24) is 34.9 Å². The number of nitrogens with one attached hydrogen (secondary N) is 2.